The summed E-state index contributed by atoms with van der Waals surface area (Å²) in [7, 11) is 0. The summed E-state index contributed by atoms with van der Waals surface area (Å²) in [5.41, 5.74) is 0. The minimum absolute atomic E-state index is 0.244. The molecule has 4 nitrogen and oxygen atoms in total. The lowest BCUT2D eigenvalue weighted by molar-refractivity contribution is -0.121. The zero-order chi connectivity index (χ0) is 13.5. The maximum Gasteiger partial charge on any atom is 0.221 e. The van der Waals surface area contributed by atoms with Crippen LogP contribution in [0.1, 0.15) is 45.4 Å². The van der Waals surface area contributed by atoms with E-state index in [1.807, 2.05) is 0 Å². The van der Waals surface area contributed by atoms with Gasteiger partial charge in [-0.2, -0.15) is 0 Å². The lowest BCUT2D eigenvalue weighted by Crippen LogP contribution is -2.41. The van der Waals surface area contributed by atoms with Crippen molar-refractivity contribution in [2.24, 2.45) is 5.92 Å². The summed E-state index contributed by atoms with van der Waals surface area (Å²) in [6.45, 7) is 7.73. The van der Waals surface area contributed by atoms with Crippen LogP contribution in [0.25, 0.3) is 0 Å². The van der Waals surface area contributed by atoms with Gasteiger partial charge in [0.15, 0.2) is 0 Å². The molecule has 1 saturated heterocycles. The van der Waals surface area contributed by atoms with Gasteiger partial charge in [-0.3, -0.25) is 4.79 Å². The van der Waals surface area contributed by atoms with Crippen molar-refractivity contribution in [3.8, 4) is 0 Å². The van der Waals surface area contributed by atoms with E-state index in [-0.39, 0.29) is 5.91 Å². The number of rotatable bonds is 8. The molecule has 1 atom stereocenters. The van der Waals surface area contributed by atoms with Crippen molar-refractivity contribution in [1.82, 2.24) is 15.5 Å². The van der Waals surface area contributed by atoms with Gasteiger partial charge in [-0.1, -0.05) is 6.92 Å². The van der Waals surface area contributed by atoms with E-state index in [1.54, 1.807) is 0 Å². The lowest BCUT2D eigenvalue weighted by atomic mass is 9.98. The van der Waals surface area contributed by atoms with Gasteiger partial charge in [0.2, 0.25) is 5.91 Å². The van der Waals surface area contributed by atoms with E-state index in [9.17, 15) is 4.79 Å². The van der Waals surface area contributed by atoms with Gasteiger partial charge in [-0.25, -0.2) is 0 Å². The maximum absolute atomic E-state index is 11.7. The molecule has 1 heterocycles. The number of piperidine rings is 1. The zero-order valence-electron chi connectivity index (χ0n) is 12.3. The van der Waals surface area contributed by atoms with Crippen LogP contribution in [-0.2, 0) is 4.79 Å². The van der Waals surface area contributed by atoms with Gasteiger partial charge in [-0.05, 0) is 57.7 Å². The molecule has 1 unspecified atom stereocenters. The number of carbonyl (C=O) groups is 1. The molecule has 2 aliphatic rings. The molecule has 0 radical (unpaired) electrons. The Labute approximate surface area is 117 Å². The van der Waals surface area contributed by atoms with Crippen molar-refractivity contribution in [1.29, 1.82) is 0 Å². The Morgan fingerprint density at radius 2 is 2.16 bits per heavy atom. The summed E-state index contributed by atoms with van der Waals surface area (Å²) in [5, 5.41) is 6.59. The van der Waals surface area contributed by atoms with Gasteiger partial charge in [0.25, 0.3) is 0 Å². The molecule has 0 bridgehead atoms. The van der Waals surface area contributed by atoms with Crippen molar-refractivity contribution in [3.63, 3.8) is 0 Å². The van der Waals surface area contributed by atoms with Crippen LogP contribution in [0.3, 0.4) is 0 Å². The van der Waals surface area contributed by atoms with E-state index in [0.29, 0.717) is 12.5 Å². The van der Waals surface area contributed by atoms with Gasteiger partial charge in [-0.15, -0.1) is 0 Å². The Balaban J connectivity index is 1.58. The minimum atomic E-state index is 0.244. The van der Waals surface area contributed by atoms with E-state index in [4.69, 9.17) is 0 Å². The topological polar surface area (TPSA) is 44.4 Å². The maximum atomic E-state index is 11.7. The zero-order valence-corrected chi connectivity index (χ0v) is 12.3. The summed E-state index contributed by atoms with van der Waals surface area (Å²) >= 11 is 0. The molecule has 1 amide bonds. The first-order valence-corrected chi connectivity index (χ1v) is 8.00. The Hall–Kier alpha value is -0.610. The van der Waals surface area contributed by atoms with Crippen LogP contribution >= 0.6 is 0 Å². The fourth-order valence-corrected chi connectivity index (χ4v) is 2.79. The van der Waals surface area contributed by atoms with Crippen LogP contribution in [-0.4, -0.2) is 49.6 Å². The van der Waals surface area contributed by atoms with Crippen molar-refractivity contribution in [3.05, 3.63) is 0 Å². The molecule has 1 aliphatic carbocycles. The molecule has 2 N–H and O–H groups in total. The van der Waals surface area contributed by atoms with Crippen molar-refractivity contribution >= 4 is 5.91 Å². The van der Waals surface area contributed by atoms with Gasteiger partial charge in [0.1, 0.15) is 0 Å². The third kappa shape index (κ3) is 5.91. The average Bonchev–Trinajstić information content (AvgIpc) is 3.21. The molecular formula is C15H29N3O. The molecule has 110 valence electrons. The smallest absolute Gasteiger partial charge is 0.221 e. The third-order valence-corrected chi connectivity index (χ3v) is 4.06. The van der Waals surface area contributed by atoms with Gasteiger partial charge in [0, 0.05) is 25.6 Å². The highest BCUT2D eigenvalue weighted by atomic mass is 16.1. The first kappa shape index (κ1) is 14.8. The summed E-state index contributed by atoms with van der Waals surface area (Å²) in [6.07, 6.45) is 6.86. The largest absolute Gasteiger partial charge is 0.353 e. The highest BCUT2D eigenvalue weighted by Gasteiger charge is 2.24. The second-order valence-electron chi connectivity index (χ2n) is 6.10. The predicted molar refractivity (Wildman–Crippen MR) is 78.1 cm³/mol. The molecule has 1 saturated carbocycles. The van der Waals surface area contributed by atoms with E-state index in [2.05, 4.69) is 22.5 Å². The molecule has 0 aromatic heterocycles. The summed E-state index contributed by atoms with van der Waals surface area (Å²) < 4.78 is 0. The van der Waals surface area contributed by atoms with Gasteiger partial charge >= 0.3 is 0 Å². The van der Waals surface area contributed by atoms with E-state index < -0.39 is 0 Å². The summed E-state index contributed by atoms with van der Waals surface area (Å²) in [5.74, 6) is 1.01. The summed E-state index contributed by atoms with van der Waals surface area (Å²) in [6, 6.07) is 0.500. The summed E-state index contributed by atoms with van der Waals surface area (Å²) in [4.78, 5) is 14.1. The third-order valence-electron chi connectivity index (χ3n) is 4.06. The predicted octanol–water partition coefficient (Wildman–Crippen LogP) is 1.37. The van der Waals surface area contributed by atoms with Crippen molar-refractivity contribution in [2.45, 2.75) is 51.5 Å². The van der Waals surface area contributed by atoms with E-state index in [1.165, 1.54) is 38.6 Å². The number of carbonyl (C=O) groups excluding carboxylic acids is 1. The van der Waals surface area contributed by atoms with Crippen LogP contribution in [0.2, 0.25) is 0 Å². The number of hydrogen-bond acceptors (Lipinski definition) is 3. The minimum Gasteiger partial charge on any atom is -0.353 e. The van der Waals surface area contributed by atoms with E-state index >= 15 is 0 Å². The molecule has 1 aliphatic heterocycles. The fourth-order valence-electron chi connectivity index (χ4n) is 2.79. The van der Waals surface area contributed by atoms with Crippen molar-refractivity contribution < 1.29 is 4.79 Å². The van der Waals surface area contributed by atoms with Crippen LogP contribution in [0.5, 0.6) is 0 Å². The lowest BCUT2D eigenvalue weighted by Gasteiger charge is -2.32. The molecule has 4 heteroatoms. The second-order valence-corrected chi connectivity index (χ2v) is 6.10. The molecule has 19 heavy (non-hydrogen) atoms. The van der Waals surface area contributed by atoms with Crippen LogP contribution in [0.4, 0.5) is 0 Å². The number of nitrogens with one attached hydrogen (secondary N) is 2. The number of likely N-dealkylation sites (tertiary alicyclic amines) is 1. The van der Waals surface area contributed by atoms with E-state index in [0.717, 1.165) is 32.1 Å². The SMILES string of the molecule is CCCNCC1CCCN(CCC(=O)NC2CC2)C1. The molecule has 2 fully saturated rings. The highest BCUT2D eigenvalue weighted by Crippen LogP contribution is 2.19. The molecule has 0 spiro atoms. The van der Waals surface area contributed by atoms with Crippen LogP contribution < -0.4 is 10.6 Å². The molecular weight excluding hydrogens is 238 g/mol. The Kier molecular flexibility index (Phi) is 6.11. The fraction of sp³-hybridized carbons (Fsp3) is 0.933. The Morgan fingerprint density at radius 1 is 1.32 bits per heavy atom. The first-order chi connectivity index (χ1) is 9.28. The number of hydrogen-bond donors (Lipinski definition) is 2. The monoisotopic (exact) mass is 267 g/mol. The standard InChI is InChI=1S/C15H29N3O/c1-2-8-16-11-13-4-3-9-18(12-13)10-7-15(19)17-14-5-6-14/h13-14,16H,2-12H2,1H3,(H,17,19). The van der Waals surface area contributed by atoms with Gasteiger partial charge < -0.3 is 15.5 Å². The molecule has 0 aromatic rings. The first-order valence-electron chi connectivity index (χ1n) is 8.00. The van der Waals surface area contributed by atoms with Gasteiger partial charge in [0.05, 0.1) is 0 Å². The Bertz CT molecular complexity index is 279. The molecule has 0 aromatic carbocycles. The normalized spacial score (nSPS) is 24.4. The Morgan fingerprint density at radius 3 is 2.89 bits per heavy atom. The van der Waals surface area contributed by atoms with Crippen LogP contribution in [0.15, 0.2) is 0 Å². The van der Waals surface area contributed by atoms with Crippen LogP contribution in [0, 0.1) is 5.92 Å². The highest BCUT2D eigenvalue weighted by molar-refractivity contribution is 5.76. The second kappa shape index (κ2) is 7.85. The number of amides is 1. The number of nitrogens with zero attached hydrogens (tertiary/aromatic N) is 1. The molecule has 2 rings (SSSR count). The quantitative estimate of drug-likeness (QED) is 0.653. The van der Waals surface area contributed by atoms with Crippen molar-refractivity contribution in [2.75, 3.05) is 32.7 Å². The average molecular weight is 267 g/mol.